The topological polar surface area (TPSA) is 443 Å². The third kappa shape index (κ3) is 27.9. The summed E-state index contributed by atoms with van der Waals surface area (Å²) >= 11 is 6.27. The first-order chi connectivity index (χ1) is 60.9. The van der Waals surface area contributed by atoms with Crippen molar-refractivity contribution < 1.29 is 84.5 Å². The number of carboxylic acid groups (broad SMARTS) is 1. The summed E-state index contributed by atoms with van der Waals surface area (Å²) < 4.78 is 210. The smallest absolute Gasteiger partial charge is 0.421 e. The van der Waals surface area contributed by atoms with Crippen LogP contribution < -0.4 is 74.2 Å². The predicted octanol–water partition coefficient (Wildman–Crippen LogP) is 19.6. The quantitative estimate of drug-likeness (QED) is 0.0154. The van der Waals surface area contributed by atoms with Crippen LogP contribution in [-0.4, -0.2) is 152 Å². The molecule has 0 unspecified atom stereocenters. The van der Waals surface area contributed by atoms with Gasteiger partial charge >= 0.3 is 18.3 Å². The van der Waals surface area contributed by atoms with Crippen molar-refractivity contribution in [3.8, 4) is 5.75 Å². The minimum atomic E-state index is -4.78. The number of carbonyl (C=O) groups is 1. The first kappa shape index (κ1) is 103. The number of sulfone groups is 3. The summed E-state index contributed by atoms with van der Waals surface area (Å²) in [5, 5.41) is 33.9. The van der Waals surface area contributed by atoms with E-state index in [0.717, 1.165) is 40.1 Å². The largest absolute Gasteiger partial charge is 0.495 e. The molecule has 696 valence electrons. The van der Waals surface area contributed by atoms with Gasteiger partial charge in [-0.2, -0.15) is 46.3 Å². The van der Waals surface area contributed by atoms with E-state index in [1.165, 1.54) is 57.6 Å². The Hall–Kier alpha value is -11.8. The molecule has 0 spiro atoms. The minimum Gasteiger partial charge on any atom is -0.495 e. The Labute approximate surface area is 760 Å². The Kier molecular flexibility index (Phi) is 33.1. The van der Waals surface area contributed by atoms with Crippen LogP contribution in [0.4, 0.5) is 119 Å². The molecule has 0 saturated carbocycles. The number of alkyl halides is 6. The van der Waals surface area contributed by atoms with E-state index in [2.05, 4.69) is 82.4 Å². The lowest BCUT2D eigenvalue weighted by molar-refractivity contribution is -0.138. The van der Waals surface area contributed by atoms with E-state index in [0.29, 0.717) is 62.8 Å². The zero-order valence-corrected chi connectivity index (χ0v) is 80.5. The second-order valence-corrected chi connectivity index (χ2v) is 52.4. The van der Waals surface area contributed by atoms with Crippen LogP contribution in [0.25, 0.3) is 0 Å². The number of ether oxygens (including phenoxy) is 1. The Bertz CT molecular complexity index is 6760. The van der Waals surface area contributed by atoms with Crippen molar-refractivity contribution in [2.45, 2.75) is 97.8 Å². The van der Waals surface area contributed by atoms with E-state index in [9.17, 15) is 79.8 Å². The summed E-state index contributed by atoms with van der Waals surface area (Å²) in [6.07, 6.45) is -4.40. The number of methoxy groups -OCH3 is 1. The van der Waals surface area contributed by atoms with Crippen LogP contribution in [0.3, 0.4) is 0 Å². The SMILES string of the molecule is CC(C)S(=O)(=O)c1ccccc1Nc1ccnc(Nc2ccc(P(C)(C)=O)cc2)n1.COc1cc(P(C)(C)=O)ccc1Nc1ncc(N)c(Nc2ccccc2S(=O)(=O)C(C)C)n1.CP(C)(=O)c1ccc(Nc2ncc(C(F)(F)F)c(NCc3cccc(C(F)(F)F)c3)n2)cc1.Cc1cc(P(C)(C)=O)ccc1Nc1ncc(Cl)c(Nc2ccc(C(=O)O)cc2S(=O)(=O)C(C)C)n1. The number of carboxylic acids is 1. The van der Waals surface area contributed by atoms with Gasteiger partial charge < -0.3 is 76.4 Å². The maximum Gasteiger partial charge on any atom is 0.421 e. The normalized spacial score (nSPS) is 12.1. The molecule has 0 amide bonds. The molecule has 11 N–H and O–H groups in total. The standard InChI is InChI=1S/C23H26ClN4O5PS.C22H28N5O4PS.C21H19F6N4OP.C21H25N4O3PS/c1-13(2)35(32,33)20-11-15(22(29)30)6-8-19(20)26-21-17(24)12-25-23(28-21)27-18-9-7-16(10-14(18)3)34(4,5)31;1-14(2)33(29,30)20-9-7-6-8-18(20)25-21-16(23)13-24-22(27-21)26-17-11-10-15(32(4,5)28)12-19(17)31-3;1-33(2,32)16-8-6-15(7-9-16)30-19-29-12-17(21(25,26)27)18(31-19)28-11-13-4-3-5-14(10-13)20(22,23)24;1-15(2)30(27,28)19-8-6-5-7-18(19)24-20-13-14-22-21(25-20)23-16-9-11-17(12-10-16)29(3,4)26/h6-13H,1-5H3,(H,29,30)(H2,25,26,27,28);6-14H,23H2,1-5H3,(H2,24,25,26,27);3-10,12H,11H2,1-2H3,(H2,28,29,30,31);5-15H,1-4H3,(H2,22,23,24,25). The fourth-order valence-electron chi connectivity index (χ4n) is 11.7. The Morgan fingerprint density at radius 2 is 0.885 bits per heavy atom. The molecule has 8 aromatic carbocycles. The molecule has 0 bridgehead atoms. The van der Waals surface area contributed by atoms with Crippen LogP contribution in [0.2, 0.25) is 5.02 Å². The monoisotopic (exact) mass is 1960 g/mol. The van der Waals surface area contributed by atoms with Gasteiger partial charge in [-0.3, -0.25) is 0 Å². The Morgan fingerprint density at radius 3 is 1.39 bits per heavy atom. The van der Waals surface area contributed by atoms with Gasteiger partial charge in [-0.15, -0.1) is 0 Å². The van der Waals surface area contributed by atoms with E-state index in [1.54, 1.807) is 196 Å². The van der Waals surface area contributed by atoms with Crippen molar-refractivity contribution in [2.75, 3.05) is 109 Å². The van der Waals surface area contributed by atoms with E-state index in [4.69, 9.17) is 22.1 Å². The molecule has 4 aromatic heterocycles. The number of nitrogens with zero attached hydrogens (tertiary/aromatic N) is 8. The first-order valence-corrected chi connectivity index (χ1v) is 55.1. The number of aromatic nitrogens is 8. The molecule has 0 aliphatic carbocycles. The highest BCUT2D eigenvalue weighted by Gasteiger charge is 2.37. The zero-order chi connectivity index (χ0) is 96.9. The summed E-state index contributed by atoms with van der Waals surface area (Å²) in [7, 11) is -18.9. The minimum absolute atomic E-state index is 0.130. The maximum atomic E-state index is 13.4. The van der Waals surface area contributed by atoms with Crippen molar-refractivity contribution >= 4 is 189 Å². The predicted molar refractivity (Wildman–Crippen MR) is 511 cm³/mol. The zero-order valence-electron chi connectivity index (χ0n) is 73.7. The van der Waals surface area contributed by atoms with Crippen molar-refractivity contribution in [1.82, 2.24) is 39.9 Å². The second kappa shape index (κ2) is 42.2. The summed E-state index contributed by atoms with van der Waals surface area (Å²) in [4.78, 5) is 45.0. The third-order valence-electron chi connectivity index (χ3n) is 19.2. The van der Waals surface area contributed by atoms with Crippen LogP contribution in [-0.2, 0) is 66.7 Å². The van der Waals surface area contributed by atoms with Gasteiger partial charge in [0, 0.05) is 57.2 Å². The van der Waals surface area contributed by atoms with Gasteiger partial charge in [-0.1, -0.05) is 48.0 Å². The second-order valence-electron chi connectivity index (χ2n) is 31.7. The number of rotatable bonds is 29. The average Bonchev–Trinajstić information content (AvgIpc) is 0.793. The lowest BCUT2D eigenvalue weighted by atomic mass is 10.1. The molecule has 4 heterocycles. The molecule has 12 rings (SSSR count). The number of para-hydroxylation sites is 2. The summed E-state index contributed by atoms with van der Waals surface area (Å²) in [6, 6.07) is 47.3. The van der Waals surface area contributed by atoms with Crippen molar-refractivity contribution in [3.05, 3.63) is 240 Å². The fraction of sp³-hybridized carbons (Fsp3) is 0.253. The van der Waals surface area contributed by atoms with Gasteiger partial charge in [-0.05, 0) is 259 Å². The molecule has 131 heavy (non-hydrogen) atoms. The number of aromatic carboxylic acids is 1. The van der Waals surface area contributed by atoms with Crippen LogP contribution in [0.15, 0.2) is 221 Å². The van der Waals surface area contributed by atoms with E-state index < -0.39 is 109 Å². The molecule has 0 aliphatic rings. The highest BCUT2D eigenvalue weighted by atomic mass is 35.5. The molecule has 0 saturated heterocycles. The van der Waals surface area contributed by atoms with Crippen LogP contribution in [0, 0.1) is 6.92 Å². The number of hydrogen-bond donors (Lipinski definition) is 10. The van der Waals surface area contributed by atoms with Gasteiger partial charge in [0.15, 0.2) is 41.1 Å². The molecule has 12 aromatic rings. The van der Waals surface area contributed by atoms with Crippen molar-refractivity contribution in [3.63, 3.8) is 0 Å². The van der Waals surface area contributed by atoms with Gasteiger partial charge in [0.2, 0.25) is 23.8 Å². The molecular formula is C87H98ClF6N17O13P4S3. The van der Waals surface area contributed by atoms with Gasteiger partial charge in [0.05, 0.1) is 89.5 Å². The molecule has 0 fully saturated rings. The number of benzene rings is 8. The van der Waals surface area contributed by atoms with Crippen LogP contribution in [0.1, 0.15) is 74.2 Å². The number of anilines is 16. The van der Waals surface area contributed by atoms with Gasteiger partial charge in [0.25, 0.3) is 0 Å². The number of halogens is 7. The lowest BCUT2D eigenvalue weighted by Crippen LogP contribution is -2.17. The molecule has 0 atom stereocenters. The van der Waals surface area contributed by atoms with E-state index >= 15 is 0 Å². The van der Waals surface area contributed by atoms with Crippen LogP contribution in [0.5, 0.6) is 5.75 Å². The summed E-state index contributed by atoms with van der Waals surface area (Å²) in [5.41, 5.74) is 8.50. The van der Waals surface area contributed by atoms with Crippen molar-refractivity contribution in [1.29, 1.82) is 0 Å². The Balaban J connectivity index is 0.000000197. The summed E-state index contributed by atoms with van der Waals surface area (Å²) in [5.74, 6) is 0.119. The van der Waals surface area contributed by atoms with Gasteiger partial charge in [-0.25, -0.2) is 50.0 Å². The Morgan fingerprint density at radius 1 is 0.450 bits per heavy atom. The molecule has 0 aliphatic heterocycles. The number of hydrogen-bond acceptors (Lipinski definition) is 29. The molecule has 44 heteroatoms. The average molecular weight is 1960 g/mol. The maximum absolute atomic E-state index is 13.4. The third-order valence-corrected chi connectivity index (χ3v) is 32.2. The molecule has 30 nitrogen and oxygen atoms in total. The number of aryl methyl sites for hydroxylation is 1. The number of nitrogen functional groups attached to an aromatic ring is 1. The van der Waals surface area contributed by atoms with Crippen LogP contribution >= 0.6 is 40.2 Å². The van der Waals surface area contributed by atoms with Gasteiger partial charge in [0.1, 0.15) is 56.5 Å². The molecule has 0 radical (unpaired) electrons. The highest BCUT2D eigenvalue weighted by Crippen LogP contribution is 2.43. The van der Waals surface area contributed by atoms with Crippen molar-refractivity contribution in [2.24, 2.45) is 0 Å². The van der Waals surface area contributed by atoms with E-state index in [-0.39, 0.29) is 78.2 Å². The highest BCUT2D eigenvalue weighted by molar-refractivity contribution is 7.92. The fourth-order valence-corrected chi connectivity index (χ4v) is 19.0. The van der Waals surface area contributed by atoms with E-state index in [1.807, 2.05) is 37.3 Å². The number of nitrogens with two attached hydrogens (primary N) is 1. The first-order valence-electron chi connectivity index (χ1n) is 39.6. The number of nitrogens with one attached hydrogen (secondary N) is 8. The summed E-state index contributed by atoms with van der Waals surface area (Å²) in [6.45, 7) is 24.6. The molecular weight excluding hydrogens is 1860 g/mol. The lowest BCUT2D eigenvalue weighted by Gasteiger charge is -2.16.